The molecule has 164 valence electrons. The first-order chi connectivity index (χ1) is 14.1. The van der Waals surface area contributed by atoms with Crippen LogP contribution in [0.1, 0.15) is 64.7 Å². The third-order valence-electron chi connectivity index (χ3n) is 6.94. The Labute approximate surface area is 175 Å². The number of unbranched alkanes of at least 4 members (excludes halogenated alkanes) is 2. The number of ether oxygens (including phenoxy) is 1. The zero-order valence-corrected chi connectivity index (χ0v) is 18.0. The molecule has 5 atom stereocenters. The second-order valence-corrected chi connectivity index (χ2v) is 9.13. The van der Waals surface area contributed by atoms with E-state index in [2.05, 4.69) is 19.1 Å². The second-order valence-electron chi connectivity index (χ2n) is 9.13. The van der Waals surface area contributed by atoms with E-state index >= 15 is 0 Å². The maximum atomic E-state index is 12.0. The van der Waals surface area contributed by atoms with Gasteiger partial charge in [0.05, 0.1) is 18.8 Å². The normalized spacial score (nSPS) is 31.8. The molecule has 0 bridgehead atoms. The van der Waals surface area contributed by atoms with Crippen LogP contribution in [0, 0.1) is 17.8 Å². The molecule has 3 fully saturated rings. The van der Waals surface area contributed by atoms with Crippen LogP contribution in [0.5, 0.6) is 0 Å². The first-order valence-corrected chi connectivity index (χ1v) is 11.7. The zero-order valence-electron chi connectivity index (χ0n) is 18.0. The molecule has 0 aromatic rings. The minimum atomic E-state index is -0.397. The van der Waals surface area contributed by atoms with Crippen molar-refractivity contribution < 1.29 is 19.7 Å². The highest BCUT2D eigenvalue weighted by molar-refractivity contribution is 5.77. The SMILES string of the molecule is CCCCC[C@H](O)/C=C/[C@@H]1[C@H]2CC(=CCOCC(=O)N3CCCC3)C[C@H]2C[C@H]1O. The highest BCUT2D eigenvalue weighted by Gasteiger charge is 2.44. The van der Waals surface area contributed by atoms with Crippen LogP contribution in [0.4, 0.5) is 0 Å². The van der Waals surface area contributed by atoms with Gasteiger partial charge in [0.1, 0.15) is 6.61 Å². The van der Waals surface area contributed by atoms with Crippen molar-refractivity contribution in [2.24, 2.45) is 17.8 Å². The van der Waals surface area contributed by atoms with Gasteiger partial charge in [0, 0.05) is 19.0 Å². The number of fused-ring (bicyclic) bond motifs is 1. The molecule has 2 aliphatic carbocycles. The molecule has 2 N–H and O–H groups in total. The molecule has 3 aliphatic rings. The average Bonchev–Trinajstić information content (AvgIpc) is 3.41. The fraction of sp³-hybridized carbons (Fsp3) is 0.792. The van der Waals surface area contributed by atoms with Crippen molar-refractivity contribution in [1.29, 1.82) is 0 Å². The van der Waals surface area contributed by atoms with Crippen LogP contribution >= 0.6 is 0 Å². The number of aliphatic hydroxyl groups excluding tert-OH is 2. The molecule has 0 aromatic carbocycles. The lowest BCUT2D eigenvalue weighted by atomic mass is 9.90. The summed E-state index contributed by atoms with van der Waals surface area (Å²) < 4.78 is 5.60. The molecular weight excluding hydrogens is 366 g/mol. The van der Waals surface area contributed by atoms with Crippen molar-refractivity contribution in [1.82, 2.24) is 4.90 Å². The molecule has 5 heteroatoms. The van der Waals surface area contributed by atoms with Gasteiger partial charge in [0.25, 0.3) is 0 Å². The van der Waals surface area contributed by atoms with Crippen LogP contribution in [0.15, 0.2) is 23.8 Å². The summed E-state index contributed by atoms with van der Waals surface area (Å²) in [6.45, 7) is 4.58. The summed E-state index contributed by atoms with van der Waals surface area (Å²) in [7, 11) is 0. The Bertz CT molecular complexity index is 581. The molecule has 0 radical (unpaired) electrons. The third kappa shape index (κ3) is 6.40. The summed E-state index contributed by atoms with van der Waals surface area (Å²) in [5, 5.41) is 20.6. The van der Waals surface area contributed by atoms with Gasteiger partial charge >= 0.3 is 0 Å². The zero-order chi connectivity index (χ0) is 20.6. The minimum absolute atomic E-state index is 0.106. The largest absolute Gasteiger partial charge is 0.392 e. The average molecular weight is 406 g/mol. The van der Waals surface area contributed by atoms with E-state index in [9.17, 15) is 15.0 Å². The molecular formula is C24H39NO4. The molecule has 1 heterocycles. The van der Waals surface area contributed by atoms with Gasteiger partial charge in [0.2, 0.25) is 5.91 Å². The lowest BCUT2D eigenvalue weighted by Gasteiger charge is -2.18. The van der Waals surface area contributed by atoms with Crippen molar-refractivity contribution in [2.45, 2.75) is 76.9 Å². The van der Waals surface area contributed by atoms with Crippen LogP contribution in [0.25, 0.3) is 0 Å². The van der Waals surface area contributed by atoms with Gasteiger partial charge in [-0.3, -0.25) is 4.79 Å². The summed E-state index contributed by atoms with van der Waals surface area (Å²) in [5.41, 5.74) is 1.39. The minimum Gasteiger partial charge on any atom is -0.392 e. The van der Waals surface area contributed by atoms with Crippen molar-refractivity contribution in [2.75, 3.05) is 26.3 Å². The quantitative estimate of drug-likeness (QED) is 0.431. The molecule has 3 rings (SSSR count). The van der Waals surface area contributed by atoms with Crippen molar-refractivity contribution in [3.05, 3.63) is 23.8 Å². The fourth-order valence-corrected chi connectivity index (χ4v) is 5.28. The number of hydrogen-bond donors (Lipinski definition) is 2. The van der Waals surface area contributed by atoms with Crippen LogP contribution < -0.4 is 0 Å². The molecule has 0 unspecified atom stereocenters. The van der Waals surface area contributed by atoms with E-state index < -0.39 is 6.10 Å². The van der Waals surface area contributed by atoms with Crippen molar-refractivity contribution in [3.63, 3.8) is 0 Å². The molecule has 1 saturated heterocycles. The van der Waals surface area contributed by atoms with E-state index in [1.165, 1.54) is 5.57 Å². The van der Waals surface area contributed by atoms with E-state index in [-0.39, 0.29) is 24.5 Å². The first-order valence-electron chi connectivity index (χ1n) is 11.7. The lowest BCUT2D eigenvalue weighted by Crippen LogP contribution is -2.31. The Morgan fingerprint density at radius 3 is 2.83 bits per heavy atom. The molecule has 5 nitrogen and oxygen atoms in total. The molecule has 1 amide bonds. The van der Waals surface area contributed by atoms with E-state index in [0.717, 1.165) is 70.9 Å². The summed E-state index contributed by atoms with van der Waals surface area (Å²) in [6.07, 6.45) is 14.7. The van der Waals surface area contributed by atoms with E-state index in [1.54, 1.807) is 0 Å². The van der Waals surface area contributed by atoms with Gasteiger partial charge < -0.3 is 19.8 Å². The fourth-order valence-electron chi connectivity index (χ4n) is 5.28. The Balaban J connectivity index is 1.42. The Morgan fingerprint density at radius 1 is 1.28 bits per heavy atom. The predicted molar refractivity (Wildman–Crippen MR) is 114 cm³/mol. The summed E-state index contributed by atoms with van der Waals surface area (Å²) in [4.78, 5) is 13.9. The number of carbonyl (C=O) groups excluding carboxylic acids is 1. The number of likely N-dealkylation sites (tertiary alicyclic amines) is 1. The van der Waals surface area contributed by atoms with Crippen LogP contribution in [-0.4, -0.2) is 59.5 Å². The van der Waals surface area contributed by atoms with Gasteiger partial charge in [-0.2, -0.15) is 0 Å². The Morgan fingerprint density at radius 2 is 2.07 bits per heavy atom. The van der Waals surface area contributed by atoms with E-state index in [4.69, 9.17) is 4.74 Å². The number of aliphatic hydroxyl groups is 2. The Kier molecular flexibility index (Phi) is 8.76. The number of nitrogens with zero attached hydrogens (tertiary/aromatic N) is 1. The maximum absolute atomic E-state index is 12.0. The molecule has 1 aliphatic heterocycles. The van der Waals surface area contributed by atoms with Gasteiger partial charge in [-0.05, 0) is 50.4 Å². The second kappa shape index (κ2) is 11.3. The molecule has 29 heavy (non-hydrogen) atoms. The maximum Gasteiger partial charge on any atom is 0.248 e. The smallest absolute Gasteiger partial charge is 0.248 e. The highest BCUT2D eigenvalue weighted by Crippen LogP contribution is 2.50. The number of amides is 1. The molecule has 2 saturated carbocycles. The van der Waals surface area contributed by atoms with Crippen molar-refractivity contribution >= 4 is 5.91 Å². The monoisotopic (exact) mass is 405 g/mol. The summed E-state index contributed by atoms with van der Waals surface area (Å²) in [6, 6.07) is 0. The number of allylic oxidation sites excluding steroid dienone is 1. The van der Waals surface area contributed by atoms with Crippen LogP contribution in [-0.2, 0) is 9.53 Å². The van der Waals surface area contributed by atoms with Crippen molar-refractivity contribution in [3.8, 4) is 0 Å². The summed E-state index contributed by atoms with van der Waals surface area (Å²) in [5.74, 6) is 1.23. The highest BCUT2D eigenvalue weighted by atomic mass is 16.5. The Hall–Kier alpha value is -1.17. The van der Waals surface area contributed by atoms with E-state index in [1.807, 2.05) is 11.0 Å². The lowest BCUT2D eigenvalue weighted by molar-refractivity contribution is -0.134. The third-order valence-corrected chi connectivity index (χ3v) is 6.94. The predicted octanol–water partition coefficient (Wildman–Crippen LogP) is 3.46. The van der Waals surface area contributed by atoms with Gasteiger partial charge in [0.15, 0.2) is 0 Å². The number of hydrogen-bond acceptors (Lipinski definition) is 4. The number of rotatable bonds is 10. The van der Waals surface area contributed by atoms with Gasteiger partial charge in [-0.25, -0.2) is 0 Å². The van der Waals surface area contributed by atoms with Gasteiger partial charge in [-0.15, -0.1) is 0 Å². The van der Waals surface area contributed by atoms with Crippen LogP contribution in [0.2, 0.25) is 0 Å². The summed E-state index contributed by atoms with van der Waals surface area (Å²) >= 11 is 0. The first kappa shape index (κ1) is 22.5. The molecule has 0 spiro atoms. The standard InChI is InChI=1S/C24H39NO4/c1-2-3-4-7-20(26)8-9-21-22-15-18(14-19(22)16-23(21)27)10-13-29-17-24(28)25-11-5-6-12-25/h8-10,19-23,26-27H,2-7,11-17H2,1H3/b9-8+,18-10?/t19-,20-,21+,22-,23+/m0/s1. The topological polar surface area (TPSA) is 70.0 Å². The van der Waals surface area contributed by atoms with Gasteiger partial charge in [-0.1, -0.05) is 50.0 Å². The van der Waals surface area contributed by atoms with E-state index in [0.29, 0.717) is 18.4 Å². The van der Waals surface area contributed by atoms with Crippen LogP contribution in [0.3, 0.4) is 0 Å². The molecule has 0 aromatic heterocycles. The number of carbonyl (C=O) groups is 1.